The molecule has 0 saturated heterocycles. The molecule has 0 atom stereocenters. The molecule has 1 nitrogen and oxygen atoms in total. The van der Waals surface area contributed by atoms with Crippen molar-refractivity contribution in [1.29, 1.82) is 5.26 Å². The third-order valence-corrected chi connectivity index (χ3v) is 3.86. The SMILES string of the molecule is CC(C)(C)c1ccc(C=Cc2ccsc2C#N)cc1. The van der Waals surface area contributed by atoms with Crippen molar-refractivity contribution in [2.24, 2.45) is 0 Å². The van der Waals surface area contributed by atoms with Gasteiger partial charge in [-0.05, 0) is 28.0 Å². The van der Waals surface area contributed by atoms with Crippen LogP contribution in [0, 0.1) is 11.3 Å². The second kappa shape index (κ2) is 5.42. The first-order valence-corrected chi connectivity index (χ1v) is 7.15. The zero-order chi connectivity index (χ0) is 13.9. The molecule has 0 radical (unpaired) electrons. The Kier molecular flexibility index (Phi) is 3.87. The summed E-state index contributed by atoms with van der Waals surface area (Å²) in [6.07, 6.45) is 4.05. The smallest absolute Gasteiger partial charge is 0.112 e. The molecule has 0 aliphatic rings. The minimum atomic E-state index is 0.184. The maximum atomic E-state index is 8.96. The molecule has 19 heavy (non-hydrogen) atoms. The molecule has 0 bridgehead atoms. The standard InChI is InChI=1S/C17H17NS/c1-17(2,3)15-8-5-13(6-9-15)4-7-14-10-11-19-16(14)12-18/h4-11H,1-3H3. The van der Waals surface area contributed by atoms with E-state index in [4.69, 9.17) is 5.26 Å². The maximum absolute atomic E-state index is 8.96. The zero-order valence-corrected chi connectivity index (χ0v) is 12.3. The number of hydrogen-bond acceptors (Lipinski definition) is 2. The van der Waals surface area contributed by atoms with Gasteiger partial charge in [-0.1, -0.05) is 57.2 Å². The lowest BCUT2D eigenvalue weighted by atomic mass is 9.87. The molecule has 0 N–H and O–H groups in total. The summed E-state index contributed by atoms with van der Waals surface area (Å²) in [6.45, 7) is 6.63. The second-order valence-corrected chi connectivity index (χ2v) is 6.44. The van der Waals surface area contributed by atoms with Crippen molar-refractivity contribution in [2.45, 2.75) is 26.2 Å². The Bertz CT molecular complexity index is 619. The largest absolute Gasteiger partial charge is 0.192 e. The fraction of sp³-hybridized carbons (Fsp3) is 0.235. The summed E-state index contributed by atoms with van der Waals surface area (Å²) in [5, 5.41) is 10.9. The van der Waals surface area contributed by atoms with Crippen LogP contribution < -0.4 is 0 Å². The highest BCUT2D eigenvalue weighted by atomic mass is 32.1. The van der Waals surface area contributed by atoms with Crippen molar-refractivity contribution in [3.63, 3.8) is 0 Å². The maximum Gasteiger partial charge on any atom is 0.112 e. The fourth-order valence-corrected chi connectivity index (χ4v) is 2.50. The van der Waals surface area contributed by atoms with Gasteiger partial charge in [0.2, 0.25) is 0 Å². The van der Waals surface area contributed by atoms with E-state index in [1.165, 1.54) is 16.9 Å². The average Bonchev–Trinajstić information content (AvgIpc) is 2.83. The number of hydrogen-bond donors (Lipinski definition) is 0. The lowest BCUT2D eigenvalue weighted by Crippen LogP contribution is -2.10. The van der Waals surface area contributed by atoms with Gasteiger partial charge in [-0.2, -0.15) is 5.26 Å². The van der Waals surface area contributed by atoms with Crippen molar-refractivity contribution in [3.8, 4) is 6.07 Å². The highest BCUT2D eigenvalue weighted by Crippen LogP contribution is 2.23. The molecule has 2 rings (SSSR count). The van der Waals surface area contributed by atoms with Gasteiger partial charge in [0, 0.05) is 5.56 Å². The van der Waals surface area contributed by atoms with Crippen molar-refractivity contribution in [1.82, 2.24) is 0 Å². The van der Waals surface area contributed by atoms with Gasteiger partial charge >= 0.3 is 0 Å². The Labute approximate surface area is 118 Å². The Hall–Kier alpha value is -1.85. The van der Waals surface area contributed by atoms with Gasteiger partial charge in [0.1, 0.15) is 10.9 Å². The molecule has 1 heterocycles. The second-order valence-electron chi connectivity index (χ2n) is 5.52. The van der Waals surface area contributed by atoms with Crippen LogP contribution in [-0.2, 0) is 5.41 Å². The monoisotopic (exact) mass is 267 g/mol. The van der Waals surface area contributed by atoms with Crippen molar-refractivity contribution < 1.29 is 0 Å². The van der Waals surface area contributed by atoms with Crippen LogP contribution in [0.3, 0.4) is 0 Å². The summed E-state index contributed by atoms with van der Waals surface area (Å²) in [7, 11) is 0. The van der Waals surface area contributed by atoms with E-state index < -0.39 is 0 Å². The van der Waals surface area contributed by atoms with Crippen LogP contribution in [0.1, 0.15) is 42.3 Å². The minimum Gasteiger partial charge on any atom is -0.192 e. The molecule has 0 spiro atoms. The summed E-state index contributed by atoms with van der Waals surface area (Å²) in [5.74, 6) is 0. The normalized spacial score (nSPS) is 11.7. The van der Waals surface area contributed by atoms with Gasteiger partial charge in [-0.15, -0.1) is 11.3 Å². The molecule has 1 aromatic heterocycles. The number of nitrogens with zero attached hydrogens (tertiary/aromatic N) is 1. The van der Waals surface area contributed by atoms with Crippen LogP contribution in [0.25, 0.3) is 12.2 Å². The highest BCUT2D eigenvalue weighted by molar-refractivity contribution is 7.10. The molecule has 2 aromatic rings. The lowest BCUT2D eigenvalue weighted by Gasteiger charge is -2.18. The summed E-state index contributed by atoms with van der Waals surface area (Å²) in [6, 6.07) is 12.8. The van der Waals surface area contributed by atoms with Crippen LogP contribution in [0.2, 0.25) is 0 Å². The molecular weight excluding hydrogens is 250 g/mol. The summed E-state index contributed by atoms with van der Waals surface area (Å²) >= 11 is 1.48. The number of thiophene rings is 1. The van der Waals surface area contributed by atoms with Gasteiger partial charge in [0.15, 0.2) is 0 Å². The lowest BCUT2D eigenvalue weighted by molar-refractivity contribution is 0.590. The van der Waals surface area contributed by atoms with Crippen LogP contribution in [-0.4, -0.2) is 0 Å². The predicted molar refractivity (Wildman–Crippen MR) is 83.1 cm³/mol. The Morgan fingerprint density at radius 3 is 2.32 bits per heavy atom. The molecule has 0 unspecified atom stereocenters. The van der Waals surface area contributed by atoms with E-state index in [9.17, 15) is 0 Å². The van der Waals surface area contributed by atoms with Crippen LogP contribution in [0.15, 0.2) is 35.7 Å². The zero-order valence-electron chi connectivity index (χ0n) is 11.5. The van der Waals surface area contributed by atoms with Crippen LogP contribution >= 0.6 is 11.3 Å². The van der Waals surface area contributed by atoms with Gasteiger partial charge in [0.25, 0.3) is 0 Å². The molecule has 0 aliphatic heterocycles. The third-order valence-electron chi connectivity index (χ3n) is 3.03. The number of nitriles is 1. The number of rotatable bonds is 2. The first kappa shape index (κ1) is 13.6. The summed E-state index contributed by atoms with van der Waals surface area (Å²) in [5.41, 5.74) is 3.66. The quantitative estimate of drug-likeness (QED) is 0.743. The Morgan fingerprint density at radius 2 is 1.74 bits per heavy atom. The van der Waals surface area contributed by atoms with Crippen molar-refractivity contribution in [3.05, 3.63) is 57.3 Å². The fourth-order valence-electron chi connectivity index (χ4n) is 1.82. The van der Waals surface area contributed by atoms with Crippen molar-refractivity contribution >= 4 is 23.5 Å². The Balaban J connectivity index is 2.19. The third kappa shape index (κ3) is 3.33. The summed E-state index contributed by atoms with van der Waals surface area (Å²) in [4.78, 5) is 0.766. The molecule has 0 saturated carbocycles. The van der Waals surface area contributed by atoms with E-state index in [2.05, 4.69) is 57.2 Å². The Morgan fingerprint density at radius 1 is 1.05 bits per heavy atom. The van der Waals surface area contributed by atoms with Crippen LogP contribution in [0.4, 0.5) is 0 Å². The van der Waals surface area contributed by atoms with Crippen molar-refractivity contribution in [2.75, 3.05) is 0 Å². The van der Waals surface area contributed by atoms with Gasteiger partial charge in [0.05, 0.1) is 0 Å². The van der Waals surface area contributed by atoms with E-state index in [-0.39, 0.29) is 5.41 Å². The predicted octanol–water partition coefficient (Wildman–Crippen LogP) is 5.09. The molecule has 0 amide bonds. The van der Waals surface area contributed by atoms with Gasteiger partial charge in [-0.3, -0.25) is 0 Å². The van der Waals surface area contributed by atoms with Gasteiger partial charge in [-0.25, -0.2) is 0 Å². The van der Waals surface area contributed by atoms with E-state index >= 15 is 0 Å². The van der Waals surface area contributed by atoms with Gasteiger partial charge < -0.3 is 0 Å². The van der Waals surface area contributed by atoms with E-state index in [0.29, 0.717) is 0 Å². The van der Waals surface area contributed by atoms with E-state index in [1.54, 1.807) is 0 Å². The molecule has 2 heteroatoms. The first-order chi connectivity index (χ1) is 9.00. The van der Waals surface area contributed by atoms with Crippen LogP contribution in [0.5, 0.6) is 0 Å². The highest BCUT2D eigenvalue weighted by Gasteiger charge is 2.12. The minimum absolute atomic E-state index is 0.184. The topological polar surface area (TPSA) is 23.8 Å². The average molecular weight is 267 g/mol. The first-order valence-electron chi connectivity index (χ1n) is 6.27. The molecular formula is C17H17NS. The summed E-state index contributed by atoms with van der Waals surface area (Å²) < 4.78 is 0. The number of benzene rings is 1. The van der Waals surface area contributed by atoms with E-state index in [0.717, 1.165) is 16.0 Å². The molecule has 96 valence electrons. The molecule has 1 aromatic carbocycles. The molecule has 0 fully saturated rings. The van der Waals surface area contributed by atoms with E-state index in [1.807, 2.05) is 17.5 Å². The molecule has 0 aliphatic carbocycles.